The molecule has 0 radical (unpaired) electrons. The summed E-state index contributed by atoms with van der Waals surface area (Å²) in [6.07, 6.45) is 2.33. The molecule has 16 heavy (non-hydrogen) atoms. The third-order valence-corrected chi connectivity index (χ3v) is 2.36. The molecule has 0 atom stereocenters. The molecule has 0 saturated carbocycles. The summed E-state index contributed by atoms with van der Waals surface area (Å²) in [7, 11) is 0. The molecular weight excluding hydrogens is 204 g/mol. The standard InChI is InChI=1S/C12H26N2O2/c1-4-9-16-10-6-12(15)14(11(2)3)8-5-7-13/h11H,4-10,13H2,1-3H3. The van der Waals surface area contributed by atoms with Gasteiger partial charge in [0.1, 0.15) is 0 Å². The van der Waals surface area contributed by atoms with Crippen LogP contribution in [0.5, 0.6) is 0 Å². The van der Waals surface area contributed by atoms with E-state index in [1.54, 1.807) is 0 Å². The first-order valence-corrected chi connectivity index (χ1v) is 6.20. The number of nitrogens with zero attached hydrogens (tertiary/aromatic N) is 1. The number of nitrogens with two attached hydrogens (primary N) is 1. The van der Waals surface area contributed by atoms with Crippen molar-refractivity contribution < 1.29 is 9.53 Å². The van der Waals surface area contributed by atoms with Gasteiger partial charge in [-0.1, -0.05) is 6.92 Å². The van der Waals surface area contributed by atoms with Crippen LogP contribution in [0, 0.1) is 0 Å². The first-order valence-electron chi connectivity index (χ1n) is 6.20. The lowest BCUT2D eigenvalue weighted by atomic mass is 10.2. The predicted molar refractivity (Wildman–Crippen MR) is 66.2 cm³/mol. The molecule has 0 aromatic heterocycles. The van der Waals surface area contributed by atoms with E-state index in [4.69, 9.17) is 10.5 Å². The Hall–Kier alpha value is -0.610. The molecule has 0 aliphatic carbocycles. The van der Waals surface area contributed by atoms with Gasteiger partial charge in [-0.15, -0.1) is 0 Å². The molecule has 0 unspecified atom stereocenters. The fourth-order valence-corrected chi connectivity index (χ4v) is 1.48. The van der Waals surface area contributed by atoms with Crippen LogP contribution in [-0.2, 0) is 9.53 Å². The van der Waals surface area contributed by atoms with E-state index in [1.165, 1.54) is 0 Å². The molecule has 0 bridgehead atoms. The van der Waals surface area contributed by atoms with Crippen LogP contribution in [0.1, 0.15) is 40.0 Å². The van der Waals surface area contributed by atoms with Crippen molar-refractivity contribution in [2.45, 2.75) is 46.1 Å². The Morgan fingerprint density at radius 1 is 1.38 bits per heavy atom. The van der Waals surface area contributed by atoms with Crippen molar-refractivity contribution in [3.05, 3.63) is 0 Å². The molecule has 0 aromatic carbocycles. The summed E-state index contributed by atoms with van der Waals surface area (Å²) in [5, 5.41) is 0. The van der Waals surface area contributed by atoms with Gasteiger partial charge in [-0.25, -0.2) is 0 Å². The molecule has 0 aromatic rings. The minimum atomic E-state index is 0.166. The average Bonchev–Trinajstić information content (AvgIpc) is 2.24. The third-order valence-electron chi connectivity index (χ3n) is 2.36. The predicted octanol–water partition coefficient (Wildman–Crippen LogP) is 1.39. The Labute approximate surface area is 99.1 Å². The second-order valence-electron chi connectivity index (χ2n) is 4.19. The van der Waals surface area contributed by atoms with Gasteiger partial charge < -0.3 is 15.4 Å². The molecule has 0 aliphatic heterocycles. The van der Waals surface area contributed by atoms with Crippen molar-refractivity contribution in [2.24, 2.45) is 5.73 Å². The van der Waals surface area contributed by atoms with E-state index in [9.17, 15) is 4.79 Å². The molecule has 4 heteroatoms. The highest BCUT2D eigenvalue weighted by atomic mass is 16.5. The highest BCUT2D eigenvalue weighted by molar-refractivity contribution is 5.76. The lowest BCUT2D eigenvalue weighted by molar-refractivity contribution is -0.134. The Kier molecular flexibility index (Phi) is 9.24. The highest BCUT2D eigenvalue weighted by Crippen LogP contribution is 2.03. The molecule has 0 spiro atoms. The number of ether oxygens (including phenoxy) is 1. The van der Waals surface area contributed by atoms with Gasteiger partial charge in [0.15, 0.2) is 0 Å². The van der Waals surface area contributed by atoms with Crippen LogP contribution in [-0.4, -0.2) is 43.2 Å². The second kappa shape index (κ2) is 9.60. The molecule has 0 aliphatic rings. The number of hydrogen-bond acceptors (Lipinski definition) is 3. The van der Waals surface area contributed by atoms with Crippen molar-refractivity contribution >= 4 is 5.91 Å². The van der Waals surface area contributed by atoms with E-state index in [2.05, 4.69) is 6.92 Å². The first-order chi connectivity index (χ1) is 7.63. The van der Waals surface area contributed by atoms with Gasteiger partial charge in [0.2, 0.25) is 5.91 Å². The molecule has 1 amide bonds. The van der Waals surface area contributed by atoms with Crippen LogP contribution in [0.3, 0.4) is 0 Å². The van der Waals surface area contributed by atoms with E-state index in [1.807, 2.05) is 18.7 Å². The van der Waals surface area contributed by atoms with E-state index < -0.39 is 0 Å². The Morgan fingerprint density at radius 3 is 2.56 bits per heavy atom. The molecule has 96 valence electrons. The van der Waals surface area contributed by atoms with Crippen LogP contribution < -0.4 is 5.73 Å². The van der Waals surface area contributed by atoms with Gasteiger partial charge >= 0.3 is 0 Å². The maximum Gasteiger partial charge on any atom is 0.225 e. The fourth-order valence-electron chi connectivity index (χ4n) is 1.48. The topological polar surface area (TPSA) is 55.6 Å². The normalized spacial score (nSPS) is 10.8. The van der Waals surface area contributed by atoms with Crippen molar-refractivity contribution in [1.82, 2.24) is 4.90 Å². The van der Waals surface area contributed by atoms with E-state index in [-0.39, 0.29) is 11.9 Å². The summed E-state index contributed by atoms with van der Waals surface area (Å²) in [5.41, 5.74) is 5.45. The molecule has 0 saturated heterocycles. The zero-order chi connectivity index (χ0) is 12.4. The highest BCUT2D eigenvalue weighted by Gasteiger charge is 2.15. The summed E-state index contributed by atoms with van der Waals surface area (Å²) in [5.74, 6) is 0.166. The van der Waals surface area contributed by atoms with E-state index >= 15 is 0 Å². The molecule has 2 N–H and O–H groups in total. The van der Waals surface area contributed by atoms with Crippen molar-refractivity contribution in [1.29, 1.82) is 0 Å². The number of rotatable bonds is 9. The molecule has 0 fully saturated rings. The summed E-state index contributed by atoms with van der Waals surface area (Å²) in [6, 6.07) is 0.241. The van der Waals surface area contributed by atoms with Crippen molar-refractivity contribution in [3.63, 3.8) is 0 Å². The number of carbonyl (C=O) groups excluding carboxylic acids is 1. The summed E-state index contributed by atoms with van der Waals surface area (Å²) in [6.45, 7) is 8.76. The van der Waals surface area contributed by atoms with Gasteiger partial charge in [-0.2, -0.15) is 0 Å². The SMILES string of the molecule is CCCOCCC(=O)N(CCCN)C(C)C. The fraction of sp³-hybridized carbons (Fsp3) is 0.917. The summed E-state index contributed by atoms with van der Waals surface area (Å²) >= 11 is 0. The molecule has 0 heterocycles. The molecular formula is C12H26N2O2. The van der Waals surface area contributed by atoms with Gasteiger partial charge in [-0.05, 0) is 33.2 Å². The van der Waals surface area contributed by atoms with Crippen LogP contribution in [0.25, 0.3) is 0 Å². The Morgan fingerprint density at radius 2 is 2.06 bits per heavy atom. The van der Waals surface area contributed by atoms with Crippen LogP contribution in [0.2, 0.25) is 0 Å². The zero-order valence-corrected chi connectivity index (χ0v) is 10.9. The average molecular weight is 230 g/mol. The molecule has 0 rings (SSSR count). The van der Waals surface area contributed by atoms with Crippen molar-refractivity contribution in [3.8, 4) is 0 Å². The van der Waals surface area contributed by atoms with E-state index in [0.717, 1.165) is 26.0 Å². The quantitative estimate of drug-likeness (QED) is 0.609. The monoisotopic (exact) mass is 230 g/mol. The maximum atomic E-state index is 11.9. The Balaban J connectivity index is 3.87. The number of carbonyl (C=O) groups is 1. The van der Waals surface area contributed by atoms with Gasteiger partial charge in [-0.3, -0.25) is 4.79 Å². The summed E-state index contributed by atoms with van der Waals surface area (Å²) < 4.78 is 5.32. The summed E-state index contributed by atoms with van der Waals surface area (Å²) in [4.78, 5) is 13.7. The smallest absolute Gasteiger partial charge is 0.225 e. The number of hydrogen-bond donors (Lipinski definition) is 1. The number of amides is 1. The molecule has 4 nitrogen and oxygen atoms in total. The van der Waals surface area contributed by atoms with Crippen LogP contribution in [0.15, 0.2) is 0 Å². The maximum absolute atomic E-state index is 11.9. The Bertz CT molecular complexity index is 184. The lowest BCUT2D eigenvalue weighted by Gasteiger charge is -2.26. The van der Waals surface area contributed by atoms with Gasteiger partial charge in [0, 0.05) is 19.2 Å². The van der Waals surface area contributed by atoms with Crippen LogP contribution >= 0.6 is 0 Å². The van der Waals surface area contributed by atoms with Crippen LogP contribution in [0.4, 0.5) is 0 Å². The third kappa shape index (κ3) is 6.80. The van der Waals surface area contributed by atoms with Gasteiger partial charge in [0.25, 0.3) is 0 Å². The minimum absolute atomic E-state index is 0.166. The minimum Gasteiger partial charge on any atom is -0.381 e. The van der Waals surface area contributed by atoms with E-state index in [0.29, 0.717) is 19.6 Å². The van der Waals surface area contributed by atoms with Gasteiger partial charge in [0.05, 0.1) is 13.0 Å². The zero-order valence-electron chi connectivity index (χ0n) is 10.9. The lowest BCUT2D eigenvalue weighted by Crippen LogP contribution is -2.38. The van der Waals surface area contributed by atoms with Crippen molar-refractivity contribution in [2.75, 3.05) is 26.3 Å². The largest absolute Gasteiger partial charge is 0.381 e. The first kappa shape index (κ1) is 15.4. The second-order valence-corrected chi connectivity index (χ2v) is 4.19.